The Balaban J connectivity index is 1.43. The number of fused-ring (bicyclic) bond motifs is 1. The molecule has 0 bridgehead atoms. The van der Waals surface area contributed by atoms with Crippen molar-refractivity contribution in [1.29, 1.82) is 0 Å². The Hall–Kier alpha value is -3.66. The fourth-order valence-electron chi connectivity index (χ4n) is 6.27. The number of amides is 1. The van der Waals surface area contributed by atoms with E-state index in [4.69, 9.17) is 15.2 Å². The predicted molar refractivity (Wildman–Crippen MR) is 160 cm³/mol. The molecule has 1 heterocycles. The van der Waals surface area contributed by atoms with Crippen molar-refractivity contribution < 1.29 is 28.7 Å². The largest absolute Gasteiger partial charge is 0.462 e. The summed E-state index contributed by atoms with van der Waals surface area (Å²) in [5.41, 5.74) is 10.3. The van der Waals surface area contributed by atoms with Crippen LogP contribution in [0.1, 0.15) is 91.3 Å². The van der Waals surface area contributed by atoms with Crippen LogP contribution in [-0.2, 0) is 25.5 Å². The van der Waals surface area contributed by atoms with E-state index < -0.39 is 18.0 Å². The highest BCUT2D eigenvalue weighted by Crippen LogP contribution is 2.38. The van der Waals surface area contributed by atoms with Crippen molar-refractivity contribution in [3.8, 4) is 5.69 Å². The van der Waals surface area contributed by atoms with E-state index in [9.17, 15) is 19.2 Å². The van der Waals surface area contributed by atoms with Gasteiger partial charge in [0.15, 0.2) is 5.78 Å². The van der Waals surface area contributed by atoms with Crippen LogP contribution in [0, 0.1) is 12.3 Å². The molecule has 10 nitrogen and oxygen atoms in total. The van der Waals surface area contributed by atoms with Crippen LogP contribution in [0.2, 0.25) is 0 Å². The van der Waals surface area contributed by atoms with Gasteiger partial charge in [-0.25, -0.2) is 0 Å². The maximum absolute atomic E-state index is 12.9. The summed E-state index contributed by atoms with van der Waals surface area (Å²) >= 11 is 0. The number of ether oxygens (including phenoxy) is 2. The van der Waals surface area contributed by atoms with Gasteiger partial charge in [-0.15, -0.1) is 0 Å². The molecule has 1 atom stereocenters. The average Bonchev–Trinajstić information content (AvgIpc) is 3.19. The molecule has 1 amide bonds. The van der Waals surface area contributed by atoms with Gasteiger partial charge >= 0.3 is 11.9 Å². The molecule has 0 aliphatic heterocycles. The van der Waals surface area contributed by atoms with Gasteiger partial charge in [0.25, 0.3) is 5.91 Å². The molecule has 1 aromatic carbocycles. The van der Waals surface area contributed by atoms with Gasteiger partial charge in [-0.1, -0.05) is 13.8 Å². The van der Waals surface area contributed by atoms with Crippen LogP contribution in [0.5, 0.6) is 0 Å². The molecule has 2 aliphatic carbocycles. The first-order valence-electron chi connectivity index (χ1n) is 14.7. The number of benzene rings is 1. The Morgan fingerprint density at radius 1 is 1.14 bits per heavy atom. The summed E-state index contributed by atoms with van der Waals surface area (Å²) in [6.07, 6.45) is 5.36. The number of anilines is 1. The van der Waals surface area contributed by atoms with E-state index in [1.165, 1.54) is 6.92 Å². The van der Waals surface area contributed by atoms with Crippen LogP contribution in [0.3, 0.4) is 0 Å². The number of aromatic nitrogens is 1. The molecule has 1 aromatic heterocycles. The number of Topliss-reactive ketones (excluding diaryl/α,β-unsaturated/α-hetero) is 1. The number of rotatable bonds is 10. The molecule has 1 fully saturated rings. The van der Waals surface area contributed by atoms with Crippen LogP contribution < -0.4 is 11.1 Å². The summed E-state index contributed by atoms with van der Waals surface area (Å²) in [5.74, 6) is -1.16. The number of carbonyl (C=O) groups is 4. The molecule has 0 spiro atoms. The first-order valence-corrected chi connectivity index (χ1v) is 14.7. The van der Waals surface area contributed by atoms with Gasteiger partial charge in [-0.2, -0.15) is 0 Å². The number of ketones is 1. The van der Waals surface area contributed by atoms with E-state index >= 15 is 0 Å². The molecular formula is C32H44N4O6. The fourth-order valence-corrected chi connectivity index (χ4v) is 6.27. The second-order valence-corrected chi connectivity index (χ2v) is 12.8. The lowest BCUT2D eigenvalue weighted by Gasteiger charge is -2.31. The first-order chi connectivity index (χ1) is 19.7. The van der Waals surface area contributed by atoms with Gasteiger partial charge in [0.05, 0.1) is 12.0 Å². The van der Waals surface area contributed by atoms with Gasteiger partial charge in [-0.3, -0.25) is 19.2 Å². The smallest absolute Gasteiger partial charge is 0.309 e. The topological polar surface area (TPSA) is 133 Å². The Bertz CT molecular complexity index is 1350. The van der Waals surface area contributed by atoms with E-state index in [0.717, 1.165) is 41.8 Å². The third kappa shape index (κ3) is 7.59. The lowest BCUT2D eigenvalue weighted by molar-refractivity contribution is -0.158. The van der Waals surface area contributed by atoms with Crippen molar-refractivity contribution in [3.63, 3.8) is 0 Å². The van der Waals surface area contributed by atoms with Crippen LogP contribution in [-0.4, -0.2) is 72.0 Å². The Kier molecular flexibility index (Phi) is 9.45. The maximum atomic E-state index is 12.9. The molecule has 1 unspecified atom stereocenters. The monoisotopic (exact) mass is 580 g/mol. The maximum Gasteiger partial charge on any atom is 0.309 e. The number of hydrogen-bond donors (Lipinski definition) is 2. The SMILES string of the molecule is CC(=O)OC(CC(=O)OC1CCC(Nc2cc(-n3cc(C)c4c3CC(C)(C)CC4=O)ccc2C(N)=O)CC1)CN(C)C. The normalized spacial score (nSPS) is 20.5. The molecule has 1 saturated carbocycles. The lowest BCUT2D eigenvalue weighted by Crippen LogP contribution is -2.35. The highest BCUT2D eigenvalue weighted by molar-refractivity contribution is 6.01. The van der Waals surface area contributed by atoms with Gasteiger partial charge in [0, 0.05) is 54.8 Å². The molecule has 10 heteroatoms. The highest BCUT2D eigenvalue weighted by Gasteiger charge is 2.35. The van der Waals surface area contributed by atoms with Crippen LogP contribution >= 0.6 is 0 Å². The number of likely N-dealkylation sites (N-methyl/N-ethyl adjacent to an activating group) is 1. The van der Waals surface area contributed by atoms with E-state index in [1.54, 1.807) is 6.07 Å². The average molecular weight is 581 g/mol. The molecule has 3 N–H and O–H groups in total. The molecule has 0 saturated heterocycles. The Morgan fingerprint density at radius 2 is 1.83 bits per heavy atom. The Labute approximate surface area is 247 Å². The zero-order valence-corrected chi connectivity index (χ0v) is 25.6. The van der Waals surface area contributed by atoms with Crippen molar-refractivity contribution in [2.24, 2.45) is 11.1 Å². The number of hydrogen-bond acceptors (Lipinski definition) is 8. The number of aryl methyl sites for hydroxylation is 1. The molecule has 42 heavy (non-hydrogen) atoms. The Morgan fingerprint density at radius 3 is 2.45 bits per heavy atom. The molecule has 2 aliphatic rings. The van der Waals surface area contributed by atoms with Gasteiger partial charge in [0.2, 0.25) is 0 Å². The van der Waals surface area contributed by atoms with E-state index in [2.05, 4.69) is 23.7 Å². The second-order valence-electron chi connectivity index (χ2n) is 12.8. The standard InChI is InChI=1S/C32H44N4O6/c1-19-17-36(27-15-32(3,4)16-28(38)30(19)27)22-9-12-25(31(33)40)26(13-22)34-21-7-10-23(11-8-21)42-29(39)14-24(18-35(5)6)41-20(2)37/h9,12-13,17,21,23-24,34H,7-8,10-11,14-16,18H2,1-6H3,(H2,33,40). The van der Waals surface area contributed by atoms with Gasteiger partial charge < -0.3 is 30.0 Å². The molecular weight excluding hydrogens is 536 g/mol. The van der Waals surface area contributed by atoms with E-state index in [-0.39, 0.29) is 35.7 Å². The van der Waals surface area contributed by atoms with Crippen molar-refractivity contribution >= 4 is 29.3 Å². The summed E-state index contributed by atoms with van der Waals surface area (Å²) in [4.78, 5) is 51.1. The van der Waals surface area contributed by atoms with E-state index in [0.29, 0.717) is 37.1 Å². The van der Waals surface area contributed by atoms with Crippen molar-refractivity contribution in [2.45, 2.75) is 90.9 Å². The summed E-state index contributed by atoms with van der Waals surface area (Å²) in [6.45, 7) is 7.95. The summed E-state index contributed by atoms with van der Waals surface area (Å²) in [7, 11) is 3.70. The fraction of sp³-hybridized carbons (Fsp3) is 0.562. The number of esters is 2. The molecule has 4 rings (SSSR count). The minimum Gasteiger partial charge on any atom is -0.462 e. The van der Waals surface area contributed by atoms with Crippen molar-refractivity contribution in [3.05, 3.63) is 46.8 Å². The van der Waals surface area contributed by atoms with Crippen molar-refractivity contribution in [1.82, 2.24) is 9.47 Å². The van der Waals surface area contributed by atoms with Crippen LogP contribution in [0.25, 0.3) is 5.69 Å². The molecule has 2 aromatic rings. The minimum atomic E-state index is -0.554. The van der Waals surface area contributed by atoms with Gasteiger partial charge in [0.1, 0.15) is 12.2 Å². The third-order valence-corrected chi connectivity index (χ3v) is 8.03. The van der Waals surface area contributed by atoms with Gasteiger partial charge in [-0.05, 0) is 82.3 Å². The predicted octanol–water partition coefficient (Wildman–Crippen LogP) is 4.19. The van der Waals surface area contributed by atoms with Crippen molar-refractivity contribution in [2.75, 3.05) is 26.0 Å². The number of nitrogens with zero attached hydrogens (tertiary/aromatic N) is 2. The zero-order valence-electron chi connectivity index (χ0n) is 25.6. The molecule has 0 radical (unpaired) electrons. The second kappa shape index (κ2) is 12.7. The summed E-state index contributed by atoms with van der Waals surface area (Å²) < 4.78 is 13.1. The number of primary amides is 1. The van der Waals surface area contributed by atoms with E-state index in [1.807, 2.05) is 44.2 Å². The summed E-state index contributed by atoms with van der Waals surface area (Å²) in [6, 6.07) is 5.60. The number of nitrogens with two attached hydrogens (primary N) is 1. The lowest BCUT2D eigenvalue weighted by atomic mass is 9.75. The first kappa shape index (κ1) is 31.3. The molecule has 228 valence electrons. The number of nitrogens with one attached hydrogen (secondary N) is 1. The minimum absolute atomic E-state index is 0.00997. The van der Waals surface area contributed by atoms with Crippen LogP contribution in [0.15, 0.2) is 24.4 Å². The van der Waals surface area contributed by atoms with Crippen LogP contribution in [0.4, 0.5) is 5.69 Å². The number of carbonyl (C=O) groups excluding carboxylic acids is 4. The zero-order chi connectivity index (χ0) is 30.8. The highest BCUT2D eigenvalue weighted by atomic mass is 16.6. The third-order valence-electron chi connectivity index (χ3n) is 8.03. The summed E-state index contributed by atoms with van der Waals surface area (Å²) in [5, 5.41) is 3.52. The quantitative estimate of drug-likeness (QED) is 0.400.